The average Bonchev–Trinajstić information content (AvgIpc) is 2.65. The zero-order chi connectivity index (χ0) is 17.9. The number of unbranched alkanes of at least 4 members (excludes halogenated alkanes) is 1. The molecule has 0 aliphatic heterocycles. The lowest BCUT2D eigenvalue weighted by Gasteiger charge is -2.10. The van der Waals surface area contributed by atoms with Gasteiger partial charge in [0.2, 0.25) is 0 Å². The minimum absolute atomic E-state index is 0.580. The van der Waals surface area contributed by atoms with Gasteiger partial charge in [-0.05, 0) is 48.7 Å². The van der Waals surface area contributed by atoms with Crippen LogP contribution < -0.4 is 9.47 Å². The van der Waals surface area contributed by atoms with Crippen molar-refractivity contribution in [2.75, 3.05) is 26.9 Å². The van der Waals surface area contributed by atoms with Crippen molar-refractivity contribution >= 4 is 6.08 Å². The molecule has 0 atom stereocenters. The van der Waals surface area contributed by atoms with Crippen molar-refractivity contribution in [2.24, 2.45) is 0 Å². The van der Waals surface area contributed by atoms with Crippen molar-refractivity contribution in [3.63, 3.8) is 0 Å². The van der Waals surface area contributed by atoms with Gasteiger partial charge in [0.1, 0.15) is 18.1 Å². The monoisotopic (exact) mass is 340 g/mol. The Kier molecular flexibility index (Phi) is 8.06. The minimum atomic E-state index is 0.580. The summed E-state index contributed by atoms with van der Waals surface area (Å²) in [5.74, 6) is 1.75. The topological polar surface area (TPSA) is 27.7 Å². The standard InChI is InChI=1S/C22H28O3/c1-4-6-14-24-15-16-25-21-11-8-18(9-12-21)19-10-13-22(23-3)20(17-19)7-5-2/h5,7-13,17H,4,6,14-16H2,1-3H3/b7-5+. The van der Waals surface area contributed by atoms with Crippen LogP contribution in [0, 0.1) is 0 Å². The molecule has 0 heterocycles. The maximum absolute atomic E-state index is 5.72. The molecule has 0 amide bonds. The van der Waals surface area contributed by atoms with Gasteiger partial charge in [-0.2, -0.15) is 0 Å². The minimum Gasteiger partial charge on any atom is -0.496 e. The molecule has 0 bridgehead atoms. The second-order valence-corrected chi connectivity index (χ2v) is 5.80. The predicted octanol–water partition coefficient (Wildman–Crippen LogP) is 5.59. The Morgan fingerprint density at radius 1 is 0.920 bits per heavy atom. The van der Waals surface area contributed by atoms with Crippen molar-refractivity contribution in [3.8, 4) is 22.6 Å². The smallest absolute Gasteiger partial charge is 0.126 e. The van der Waals surface area contributed by atoms with Crippen LogP contribution in [0.15, 0.2) is 48.5 Å². The van der Waals surface area contributed by atoms with Gasteiger partial charge in [0.25, 0.3) is 0 Å². The first-order valence-corrected chi connectivity index (χ1v) is 8.90. The van der Waals surface area contributed by atoms with Gasteiger partial charge in [-0.15, -0.1) is 0 Å². The van der Waals surface area contributed by atoms with Crippen molar-refractivity contribution in [2.45, 2.75) is 26.7 Å². The van der Waals surface area contributed by atoms with E-state index in [1.807, 2.05) is 31.2 Å². The van der Waals surface area contributed by atoms with E-state index in [1.54, 1.807) is 7.11 Å². The molecule has 0 unspecified atom stereocenters. The Morgan fingerprint density at radius 2 is 1.68 bits per heavy atom. The van der Waals surface area contributed by atoms with Crippen LogP contribution in [0.2, 0.25) is 0 Å². The van der Waals surface area contributed by atoms with E-state index in [9.17, 15) is 0 Å². The zero-order valence-electron chi connectivity index (χ0n) is 15.5. The summed E-state index contributed by atoms with van der Waals surface area (Å²) < 4.78 is 16.6. The molecule has 3 heteroatoms. The second kappa shape index (κ2) is 10.6. The zero-order valence-corrected chi connectivity index (χ0v) is 15.5. The number of rotatable bonds is 10. The molecule has 25 heavy (non-hydrogen) atoms. The fourth-order valence-corrected chi connectivity index (χ4v) is 2.53. The number of hydrogen-bond acceptors (Lipinski definition) is 3. The number of methoxy groups -OCH3 is 1. The summed E-state index contributed by atoms with van der Waals surface area (Å²) >= 11 is 0. The van der Waals surface area contributed by atoms with Crippen LogP contribution >= 0.6 is 0 Å². The Labute approximate surface area is 151 Å². The predicted molar refractivity (Wildman–Crippen MR) is 104 cm³/mol. The Balaban J connectivity index is 1.96. The quantitative estimate of drug-likeness (QED) is 0.528. The summed E-state index contributed by atoms with van der Waals surface area (Å²) in [5, 5.41) is 0. The van der Waals surface area contributed by atoms with Crippen molar-refractivity contribution < 1.29 is 14.2 Å². The van der Waals surface area contributed by atoms with Crippen LogP contribution in [0.1, 0.15) is 32.3 Å². The normalized spacial score (nSPS) is 11.0. The molecule has 0 saturated heterocycles. The third kappa shape index (κ3) is 5.95. The summed E-state index contributed by atoms with van der Waals surface area (Å²) in [6.45, 7) is 6.19. The first-order valence-electron chi connectivity index (χ1n) is 8.90. The molecule has 0 saturated carbocycles. The van der Waals surface area contributed by atoms with Gasteiger partial charge < -0.3 is 14.2 Å². The van der Waals surface area contributed by atoms with Gasteiger partial charge in [-0.25, -0.2) is 0 Å². The lowest BCUT2D eigenvalue weighted by atomic mass is 10.0. The van der Waals surface area contributed by atoms with E-state index in [2.05, 4.69) is 37.3 Å². The molecule has 0 aliphatic rings. The Hall–Kier alpha value is -2.26. The molecule has 0 aliphatic carbocycles. The molecule has 2 aromatic carbocycles. The van der Waals surface area contributed by atoms with Crippen LogP contribution in [0.5, 0.6) is 11.5 Å². The molecular weight excluding hydrogens is 312 g/mol. The molecule has 0 fully saturated rings. The maximum Gasteiger partial charge on any atom is 0.126 e. The fraction of sp³-hybridized carbons (Fsp3) is 0.364. The maximum atomic E-state index is 5.72. The molecule has 0 aromatic heterocycles. The summed E-state index contributed by atoms with van der Waals surface area (Å²) in [5.41, 5.74) is 3.38. The number of ether oxygens (including phenoxy) is 3. The van der Waals surface area contributed by atoms with Crippen molar-refractivity contribution in [1.29, 1.82) is 0 Å². The average molecular weight is 340 g/mol. The van der Waals surface area contributed by atoms with Crippen LogP contribution in [-0.2, 0) is 4.74 Å². The largest absolute Gasteiger partial charge is 0.496 e. The highest BCUT2D eigenvalue weighted by Crippen LogP contribution is 2.28. The highest BCUT2D eigenvalue weighted by molar-refractivity contribution is 5.70. The molecule has 0 N–H and O–H groups in total. The van der Waals surface area contributed by atoms with Gasteiger partial charge in [-0.1, -0.05) is 43.7 Å². The van der Waals surface area contributed by atoms with E-state index in [0.29, 0.717) is 13.2 Å². The molecule has 134 valence electrons. The summed E-state index contributed by atoms with van der Waals surface area (Å²) in [4.78, 5) is 0. The van der Waals surface area contributed by atoms with Gasteiger partial charge in [-0.3, -0.25) is 0 Å². The van der Waals surface area contributed by atoms with Crippen LogP contribution in [-0.4, -0.2) is 26.9 Å². The summed E-state index contributed by atoms with van der Waals surface area (Å²) in [6, 6.07) is 14.4. The lowest BCUT2D eigenvalue weighted by molar-refractivity contribution is 0.0981. The fourth-order valence-electron chi connectivity index (χ4n) is 2.53. The third-order valence-corrected chi connectivity index (χ3v) is 3.90. The van der Waals surface area contributed by atoms with E-state index < -0.39 is 0 Å². The highest BCUT2D eigenvalue weighted by Gasteiger charge is 2.04. The Bertz CT molecular complexity index is 659. The lowest BCUT2D eigenvalue weighted by Crippen LogP contribution is -2.07. The SMILES string of the molecule is C/C=C/c1cc(-c2ccc(OCCOCCCC)cc2)ccc1OC. The van der Waals surface area contributed by atoms with E-state index in [4.69, 9.17) is 14.2 Å². The second-order valence-electron chi connectivity index (χ2n) is 5.80. The third-order valence-electron chi connectivity index (χ3n) is 3.90. The van der Waals surface area contributed by atoms with Crippen molar-refractivity contribution in [3.05, 3.63) is 54.1 Å². The molecule has 3 nitrogen and oxygen atoms in total. The Morgan fingerprint density at radius 3 is 2.36 bits per heavy atom. The van der Waals surface area contributed by atoms with E-state index in [0.717, 1.165) is 47.6 Å². The van der Waals surface area contributed by atoms with Gasteiger partial charge in [0, 0.05) is 12.2 Å². The first kappa shape index (κ1) is 19.1. The number of hydrogen-bond donors (Lipinski definition) is 0. The van der Waals surface area contributed by atoms with Gasteiger partial charge in [0.05, 0.1) is 13.7 Å². The van der Waals surface area contributed by atoms with E-state index >= 15 is 0 Å². The van der Waals surface area contributed by atoms with Crippen LogP contribution in [0.4, 0.5) is 0 Å². The van der Waals surface area contributed by atoms with E-state index in [-0.39, 0.29) is 0 Å². The van der Waals surface area contributed by atoms with Crippen LogP contribution in [0.3, 0.4) is 0 Å². The molecule has 2 rings (SSSR count). The molecule has 2 aromatic rings. The molecule has 0 spiro atoms. The number of benzene rings is 2. The van der Waals surface area contributed by atoms with Gasteiger partial charge >= 0.3 is 0 Å². The first-order chi connectivity index (χ1) is 12.3. The van der Waals surface area contributed by atoms with Gasteiger partial charge in [0.15, 0.2) is 0 Å². The van der Waals surface area contributed by atoms with Crippen LogP contribution in [0.25, 0.3) is 17.2 Å². The van der Waals surface area contributed by atoms with Crippen molar-refractivity contribution in [1.82, 2.24) is 0 Å². The number of allylic oxidation sites excluding steroid dienone is 1. The molecule has 0 radical (unpaired) electrons. The highest BCUT2D eigenvalue weighted by atomic mass is 16.5. The molecular formula is C22H28O3. The van der Waals surface area contributed by atoms with E-state index in [1.165, 1.54) is 0 Å². The summed E-state index contributed by atoms with van der Waals surface area (Å²) in [7, 11) is 1.69. The summed E-state index contributed by atoms with van der Waals surface area (Å²) in [6.07, 6.45) is 6.33.